The minimum Gasteiger partial charge on any atom is -0.402 e. The zero-order chi connectivity index (χ0) is 13.3. The Morgan fingerprint density at radius 2 is 1.72 bits per heavy atom. The number of hydrogen-bond acceptors (Lipinski definition) is 1. The van der Waals surface area contributed by atoms with Gasteiger partial charge in [0.1, 0.15) is 0 Å². The van der Waals surface area contributed by atoms with Gasteiger partial charge in [-0.15, -0.1) is 0 Å². The molecule has 0 atom stereocenters. The molecule has 0 saturated heterocycles. The summed E-state index contributed by atoms with van der Waals surface area (Å²) >= 11 is 0. The lowest BCUT2D eigenvalue weighted by Gasteiger charge is -2.28. The van der Waals surface area contributed by atoms with Gasteiger partial charge in [0.05, 0.1) is 0 Å². The average molecular weight is 245 g/mol. The van der Waals surface area contributed by atoms with Gasteiger partial charge < -0.3 is 5.73 Å². The van der Waals surface area contributed by atoms with E-state index in [4.69, 9.17) is 5.73 Å². The number of allylic oxidation sites excluding steroid dienone is 6. The van der Waals surface area contributed by atoms with E-state index in [1.165, 1.54) is 37.7 Å². The second-order valence-corrected chi connectivity index (χ2v) is 6.63. The Hall–Kier alpha value is -0.980. The molecule has 0 aromatic rings. The van der Waals surface area contributed by atoms with E-state index < -0.39 is 0 Å². The molecule has 18 heavy (non-hydrogen) atoms. The van der Waals surface area contributed by atoms with Crippen LogP contribution in [0.5, 0.6) is 0 Å². The van der Waals surface area contributed by atoms with Crippen molar-refractivity contribution in [3.63, 3.8) is 0 Å². The van der Waals surface area contributed by atoms with Gasteiger partial charge in [-0.25, -0.2) is 0 Å². The predicted molar refractivity (Wildman–Crippen MR) is 79.2 cm³/mol. The van der Waals surface area contributed by atoms with Crippen LogP contribution in [0.25, 0.3) is 0 Å². The van der Waals surface area contributed by atoms with Crippen molar-refractivity contribution in [3.05, 3.63) is 34.1 Å². The molecule has 1 saturated carbocycles. The maximum atomic E-state index is 6.26. The molecule has 0 aliphatic heterocycles. The summed E-state index contributed by atoms with van der Waals surface area (Å²) in [7, 11) is 0. The summed E-state index contributed by atoms with van der Waals surface area (Å²) in [6.07, 6.45) is 9.61. The molecule has 0 spiro atoms. The quantitative estimate of drug-likeness (QED) is 0.701. The Bertz CT molecular complexity index is 427. The van der Waals surface area contributed by atoms with Crippen molar-refractivity contribution in [2.24, 2.45) is 11.1 Å². The molecule has 2 rings (SSSR count). The molecule has 0 heterocycles. The van der Waals surface area contributed by atoms with Gasteiger partial charge in [0.25, 0.3) is 0 Å². The molecule has 2 aliphatic rings. The van der Waals surface area contributed by atoms with E-state index in [9.17, 15) is 0 Å². The van der Waals surface area contributed by atoms with E-state index in [2.05, 4.69) is 33.8 Å². The van der Waals surface area contributed by atoms with Crippen LogP contribution in [-0.4, -0.2) is 0 Å². The molecule has 2 N–H and O–H groups in total. The first kappa shape index (κ1) is 13.5. The highest BCUT2D eigenvalue weighted by atomic mass is 14.6. The summed E-state index contributed by atoms with van der Waals surface area (Å²) in [6.45, 7) is 9.17. The van der Waals surface area contributed by atoms with E-state index >= 15 is 0 Å². The van der Waals surface area contributed by atoms with Gasteiger partial charge in [-0.05, 0) is 73.2 Å². The standard InChI is InChI=1S/C17H27N/c1-5-12-8-6-9-13(12)16(17(2,3)4)14-10-7-11-15(14)18/h5H,6-11,18H2,1-4H3/b12-5-,16-13+. The highest BCUT2D eigenvalue weighted by Gasteiger charge is 2.30. The fourth-order valence-electron chi connectivity index (χ4n) is 3.51. The largest absolute Gasteiger partial charge is 0.402 e. The van der Waals surface area contributed by atoms with Crippen LogP contribution in [0.2, 0.25) is 0 Å². The summed E-state index contributed by atoms with van der Waals surface area (Å²) < 4.78 is 0. The molecule has 0 amide bonds. The Kier molecular flexibility index (Phi) is 3.70. The molecule has 1 nitrogen and oxygen atoms in total. The lowest BCUT2D eigenvalue weighted by Crippen LogP contribution is -2.16. The lowest BCUT2D eigenvalue weighted by atomic mass is 9.77. The normalized spacial score (nSPS) is 26.3. The van der Waals surface area contributed by atoms with Crippen LogP contribution < -0.4 is 5.73 Å². The number of nitrogens with two attached hydrogens (primary N) is 1. The van der Waals surface area contributed by atoms with E-state index in [1.807, 2.05) is 0 Å². The van der Waals surface area contributed by atoms with Crippen molar-refractivity contribution in [1.82, 2.24) is 0 Å². The fraction of sp³-hybridized carbons (Fsp3) is 0.647. The predicted octanol–water partition coefficient (Wildman–Crippen LogP) is 4.86. The lowest BCUT2D eigenvalue weighted by molar-refractivity contribution is 0.501. The van der Waals surface area contributed by atoms with E-state index in [0.717, 1.165) is 12.1 Å². The summed E-state index contributed by atoms with van der Waals surface area (Å²) in [4.78, 5) is 0. The van der Waals surface area contributed by atoms with Crippen LogP contribution in [0.4, 0.5) is 0 Å². The molecule has 0 unspecified atom stereocenters. The molecule has 0 aromatic carbocycles. The minimum absolute atomic E-state index is 0.207. The third-order valence-corrected chi connectivity index (χ3v) is 4.22. The molecule has 1 heteroatoms. The van der Waals surface area contributed by atoms with Gasteiger partial charge in [0.15, 0.2) is 0 Å². The highest BCUT2D eigenvalue weighted by molar-refractivity contribution is 5.51. The minimum atomic E-state index is 0.207. The molecule has 0 bridgehead atoms. The van der Waals surface area contributed by atoms with Crippen LogP contribution in [0.3, 0.4) is 0 Å². The summed E-state index contributed by atoms with van der Waals surface area (Å²) in [6, 6.07) is 0. The van der Waals surface area contributed by atoms with Crippen LogP contribution >= 0.6 is 0 Å². The zero-order valence-corrected chi connectivity index (χ0v) is 12.4. The van der Waals surface area contributed by atoms with Gasteiger partial charge >= 0.3 is 0 Å². The third-order valence-electron chi connectivity index (χ3n) is 4.22. The summed E-state index contributed by atoms with van der Waals surface area (Å²) in [5, 5.41) is 0. The van der Waals surface area contributed by atoms with E-state index in [0.29, 0.717) is 0 Å². The van der Waals surface area contributed by atoms with E-state index in [-0.39, 0.29) is 5.41 Å². The first-order valence-corrected chi connectivity index (χ1v) is 7.32. The first-order valence-electron chi connectivity index (χ1n) is 7.32. The van der Waals surface area contributed by atoms with E-state index in [1.54, 1.807) is 16.7 Å². The second kappa shape index (κ2) is 4.95. The summed E-state index contributed by atoms with van der Waals surface area (Å²) in [5.41, 5.74) is 13.8. The maximum absolute atomic E-state index is 6.26. The maximum Gasteiger partial charge on any atom is 0.0116 e. The van der Waals surface area contributed by atoms with Crippen LogP contribution in [0.1, 0.15) is 66.2 Å². The molecule has 2 aliphatic carbocycles. The van der Waals surface area contributed by atoms with Crippen molar-refractivity contribution in [1.29, 1.82) is 0 Å². The average Bonchev–Trinajstić information content (AvgIpc) is 2.87. The molecule has 0 radical (unpaired) electrons. The van der Waals surface area contributed by atoms with Crippen LogP contribution in [-0.2, 0) is 0 Å². The molecule has 1 fully saturated rings. The van der Waals surface area contributed by atoms with Gasteiger partial charge in [-0.2, -0.15) is 0 Å². The van der Waals surface area contributed by atoms with Crippen molar-refractivity contribution in [2.45, 2.75) is 66.2 Å². The van der Waals surface area contributed by atoms with Gasteiger partial charge in [0, 0.05) is 5.70 Å². The fourth-order valence-corrected chi connectivity index (χ4v) is 3.51. The van der Waals surface area contributed by atoms with Crippen molar-refractivity contribution in [3.8, 4) is 0 Å². The Morgan fingerprint density at radius 1 is 1.06 bits per heavy atom. The molecular formula is C17H27N. The van der Waals surface area contributed by atoms with Crippen LogP contribution in [0.15, 0.2) is 34.1 Å². The molecular weight excluding hydrogens is 218 g/mol. The zero-order valence-electron chi connectivity index (χ0n) is 12.4. The van der Waals surface area contributed by atoms with Crippen LogP contribution in [0, 0.1) is 5.41 Å². The SMILES string of the molecule is C/C=C1/CCC/C1=C(/C1=C(N)CCC1)C(C)(C)C. The highest BCUT2D eigenvalue weighted by Crippen LogP contribution is 2.45. The number of hydrogen-bond donors (Lipinski definition) is 1. The van der Waals surface area contributed by atoms with Crippen molar-refractivity contribution < 1.29 is 0 Å². The monoisotopic (exact) mass is 245 g/mol. The molecule has 0 aromatic heterocycles. The smallest absolute Gasteiger partial charge is 0.0116 e. The van der Waals surface area contributed by atoms with Gasteiger partial charge in [-0.3, -0.25) is 0 Å². The number of rotatable bonds is 1. The van der Waals surface area contributed by atoms with Gasteiger partial charge in [0.2, 0.25) is 0 Å². The second-order valence-electron chi connectivity index (χ2n) is 6.63. The van der Waals surface area contributed by atoms with Crippen molar-refractivity contribution in [2.75, 3.05) is 0 Å². The summed E-state index contributed by atoms with van der Waals surface area (Å²) in [5.74, 6) is 0. The Labute approximate surface area is 112 Å². The Morgan fingerprint density at radius 3 is 2.22 bits per heavy atom. The van der Waals surface area contributed by atoms with Crippen molar-refractivity contribution >= 4 is 0 Å². The topological polar surface area (TPSA) is 26.0 Å². The molecule has 100 valence electrons. The Balaban J connectivity index is 2.57. The third kappa shape index (κ3) is 2.41. The first-order chi connectivity index (χ1) is 8.45. The van der Waals surface area contributed by atoms with Gasteiger partial charge in [-0.1, -0.05) is 26.8 Å².